The Bertz CT molecular complexity index is 1470. The number of carbonyl (C=O) groups is 2. The van der Waals surface area contributed by atoms with Crippen molar-refractivity contribution < 1.29 is 18.0 Å². The molecule has 10 heteroatoms. The van der Waals surface area contributed by atoms with E-state index < -0.39 is 21.6 Å². The molecule has 3 aromatic rings. The molecule has 0 aliphatic carbocycles. The second kappa shape index (κ2) is 14.4. The van der Waals surface area contributed by atoms with Gasteiger partial charge in [-0.15, -0.1) is 0 Å². The standard InChI is InChI=1S/C32H39Cl2N3O4S/c1-23-13-16-26(17-14-23)37(42(5,40)41)19-9-12-30(38)36(22-25-15-18-27(33)28(34)20-25)29(31(39)35-32(2,3)4)21-24-10-7-6-8-11-24/h6-8,10-11,13-18,20,29H,9,12,19,21-22H2,1-5H3,(H,35,39)/t29-/m1/s1. The number of hydrogen-bond acceptors (Lipinski definition) is 4. The van der Waals surface area contributed by atoms with E-state index in [9.17, 15) is 18.0 Å². The van der Waals surface area contributed by atoms with E-state index >= 15 is 0 Å². The summed E-state index contributed by atoms with van der Waals surface area (Å²) < 4.78 is 26.5. The van der Waals surface area contributed by atoms with Crippen LogP contribution in [0.3, 0.4) is 0 Å². The summed E-state index contributed by atoms with van der Waals surface area (Å²) in [4.78, 5) is 29.2. The lowest BCUT2D eigenvalue weighted by atomic mass is 10.00. The maximum absolute atomic E-state index is 13.9. The van der Waals surface area contributed by atoms with Gasteiger partial charge in [-0.1, -0.05) is 77.3 Å². The summed E-state index contributed by atoms with van der Waals surface area (Å²) in [5.41, 5.74) is 2.65. The lowest BCUT2D eigenvalue weighted by Crippen LogP contribution is -2.54. The highest BCUT2D eigenvalue weighted by Crippen LogP contribution is 2.25. The van der Waals surface area contributed by atoms with Gasteiger partial charge in [-0.25, -0.2) is 8.42 Å². The summed E-state index contributed by atoms with van der Waals surface area (Å²) in [6.45, 7) is 7.84. The number of rotatable bonds is 12. The largest absolute Gasteiger partial charge is 0.350 e. The van der Waals surface area contributed by atoms with E-state index in [0.29, 0.717) is 22.2 Å². The SMILES string of the molecule is Cc1ccc(N(CCCC(=O)N(Cc2ccc(Cl)c(Cl)c2)[C@H](Cc2ccccc2)C(=O)NC(C)(C)C)S(C)(=O)=O)cc1. The van der Waals surface area contributed by atoms with Crippen LogP contribution in [0.15, 0.2) is 72.8 Å². The molecule has 226 valence electrons. The number of carbonyl (C=O) groups excluding carboxylic acids is 2. The van der Waals surface area contributed by atoms with Gasteiger partial charge in [-0.3, -0.25) is 13.9 Å². The molecule has 0 fully saturated rings. The van der Waals surface area contributed by atoms with Crippen LogP contribution < -0.4 is 9.62 Å². The molecule has 0 aromatic heterocycles. The normalized spacial score (nSPS) is 12.5. The Morgan fingerprint density at radius 1 is 0.905 bits per heavy atom. The van der Waals surface area contributed by atoms with Crippen molar-refractivity contribution in [3.05, 3.63) is 99.5 Å². The zero-order chi connectivity index (χ0) is 31.1. The molecule has 0 radical (unpaired) electrons. The van der Waals surface area contributed by atoms with E-state index in [1.807, 2.05) is 70.2 Å². The molecule has 0 saturated heterocycles. The first-order chi connectivity index (χ1) is 19.6. The Morgan fingerprint density at radius 3 is 2.12 bits per heavy atom. The second-order valence-corrected chi connectivity index (χ2v) is 14.2. The molecule has 0 saturated carbocycles. The molecule has 2 amide bonds. The predicted molar refractivity (Wildman–Crippen MR) is 171 cm³/mol. The second-order valence-electron chi connectivity index (χ2n) is 11.5. The van der Waals surface area contributed by atoms with Crippen LogP contribution in [-0.4, -0.2) is 49.5 Å². The Kier molecular flexibility index (Phi) is 11.5. The molecule has 0 aliphatic heterocycles. The molecular formula is C32H39Cl2N3O4S. The monoisotopic (exact) mass is 631 g/mol. The zero-order valence-electron chi connectivity index (χ0n) is 24.7. The van der Waals surface area contributed by atoms with Gasteiger partial charge in [0.1, 0.15) is 6.04 Å². The van der Waals surface area contributed by atoms with E-state index in [1.165, 1.54) is 4.31 Å². The number of anilines is 1. The third-order valence-corrected chi connectivity index (χ3v) is 8.51. The van der Waals surface area contributed by atoms with Gasteiger partial charge in [0.15, 0.2) is 0 Å². The smallest absolute Gasteiger partial charge is 0.243 e. The number of amides is 2. The first-order valence-electron chi connectivity index (χ1n) is 13.8. The van der Waals surface area contributed by atoms with E-state index in [2.05, 4.69) is 5.32 Å². The maximum atomic E-state index is 13.9. The van der Waals surface area contributed by atoms with Crippen LogP contribution in [0.25, 0.3) is 0 Å². The molecule has 0 aliphatic rings. The first kappa shape index (κ1) is 33.4. The highest BCUT2D eigenvalue weighted by molar-refractivity contribution is 7.92. The average molecular weight is 633 g/mol. The number of benzene rings is 3. The minimum atomic E-state index is -3.58. The van der Waals surface area contributed by atoms with Gasteiger partial charge in [0, 0.05) is 31.5 Å². The summed E-state index contributed by atoms with van der Waals surface area (Å²) in [6, 6.07) is 21.0. The van der Waals surface area contributed by atoms with Gasteiger partial charge in [-0.2, -0.15) is 0 Å². The molecule has 0 unspecified atom stereocenters. The molecule has 0 heterocycles. The highest BCUT2D eigenvalue weighted by Gasteiger charge is 2.32. The van der Waals surface area contributed by atoms with Gasteiger partial charge in [0.05, 0.1) is 22.0 Å². The minimum absolute atomic E-state index is 0.0350. The predicted octanol–water partition coefficient (Wildman–Crippen LogP) is 6.40. The number of nitrogens with zero attached hydrogens (tertiary/aromatic N) is 2. The van der Waals surface area contributed by atoms with Crippen LogP contribution in [0.1, 0.15) is 50.3 Å². The fraction of sp³-hybridized carbons (Fsp3) is 0.375. The zero-order valence-corrected chi connectivity index (χ0v) is 27.1. The molecule has 1 atom stereocenters. The third kappa shape index (κ3) is 10.0. The van der Waals surface area contributed by atoms with Gasteiger partial charge in [0.2, 0.25) is 21.8 Å². The summed E-state index contributed by atoms with van der Waals surface area (Å²) >= 11 is 12.4. The summed E-state index contributed by atoms with van der Waals surface area (Å²) in [6.07, 6.45) is 1.75. The van der Waals surface area contributed by atoms with Gasteiger partial charge >= 0.3 is 0 Å². The van der Waals surface area contributed by atoms with Crippen LogP contribution in [0.4, 0.5) is 5.69 Å². The van der Waals surface area contributed by atoms with Crippen molar-refractivity contribution in [2.45, 2.75) is 65.1 Å². The summed E-state index contributed by atoms with van der Waals surface area (Å²) in [5, 5.41) is 3.77. The molecule has 1 N–H and O–H groups in total. The minimum Gasteiger partial charge on any atom is -0.350 e. The van der Waals surface area contributed by atoms with Crippen molar-refractivity contribution in [2.24, 2.45) is 0 Å². The summed E-state index contributed by atoms with van der Waals surface area (Å²) in [5.74, 6) is -0.555. The lowest BCUT2D eigenvalue weighted by Gasteiger charge is -2.34. The number of halogens is 2. The molecular weight excluding hydrogens is 593 g/mol. The fourth-order valence-corrected chi connectivity index (χ4v) is 5.84. The molecule has 3 rings (SSSR count). The van der Waals surface area contributed by atoms with Crippen molar-refractivity contribution >= 4 is 50.7 Å². The van der Waals surface area contributed by atoms with Crippen molar-refractivity contribution in [1.82, 2.24) is 10.2 Å². The average Bonchev–Trinajstić information content (AvgIpc) is 2.90. The van der Waals surface area contributed by atoms with E-state index in [-0.39, 0.29) is 37.7 Å². The molecule has 7 nitrogen and oxygen atoms in total. The van der Waals surface area contributed by atoms with Gasteiger partial charge in [0.25, 0.3) is 0 Å². The van der Waals surface area contributed by atoms with Crippen LogP contribution >= 0.6 is 23.2 Å². The Morgan fingerprint density at radius 2 is 1.55 bits per heavy atom. The van der Waals surface area contributed by atoms with Crippen molar-refractivity contribution in [2.75, 3.05) is 17.1 Å². The Hall–Kier alpha value is -3.07. The number of sulfonamides is 1. The van der Waals surface area contributed by atoms with Gasteiger partial charge < -0.3 is 10.2 Å². The van der Waals surface area contributed by atoms with Gasteiger partial charge in [-0.05, 0) is 69.5 Å². The highest BCUT2D eigenvalue weighted by atomic mass is 35.5. The maximum Gasteiger partial charge on any atom is 0.243 e. The number of aryl methyl sites for hydroxylation is 1. The Balaban J connectivity index is 1.92. The number of nitrogens with one attached hydrogen (secondary N) is 1. The molecule has 42 heavy (non-hydrogen) atoms. The third-order valence-electron chi connectivity index (χ3n) is 6.58. The molecule has 3 aromatic carbocycles. The van der Waals surface area contributed by atoms with Crippen molar-refractivity contribution in [3.8, 4) is 0 Å². The first-order valence-corrected chi connectivity index (χ1v) is 16.4. The van der Waals surface area contributed by atoms with Crippen LogP contribution in [-0.2, 0) is 32.6 Å². The summed E-state index contributed by atoms with van der Waals surface area (Å²) in [7, 11) is -3.58. The van der Waals surface area contributed by atoms with Crippen LogP contribution in [0, 0.1) is 6.92 Å². The van der Waals surface area contributed by atoms with Crippen LogP contribution in [0.2, 0.25) is 10.0 Å². The lowest BCUT2D eigenvalue weighted by molar-refractivity contribution is -0.142. The van der Waals surface area contributed by atoms with Crippen molar-refractivity contribution in [1.29, 1.82) is 0 Å². The van der Waals surface area contributed by atoms with E-state index in [4.69, 9.17) is 23.2 Å². The fourth-order valence-electron chi connectivity index (χ4n) is 4.56. The quantitative estimate of drug-likeness (QED) is 0.250. The Labute approximate surface area is 259 Å². The topological polar surface area (TPSA) is 86.8 Å². The van der Waals surface area contributed by atoms with E-state index in [0.717, 1.165) is 22.9 Å². The molecule has 0 bridgehead atoms. The molecule has 0 spiro atoms. The van der Waals surface area contributed by atoms with E-state index in [1.54, 1.807) is 35.2 Å². The van der Waals surface area contributed by atoms with Crippen LogP contribution in [0.5, 0.6) is 0 Å². The number of hydrogen-bond donors (Lipinski definition) is 1. The van der Waals surface area contributed by atoms with Crippen molar-refractivity contribution in [3.63, 3.8) is 0 Å².